The van der Waals surface area contributed by atoms with Crippen LogP contribution in [0.5, 0.6) is 0 Å². The molecular formula is C9H18N2O4S. The molecule has 0 aromatic heterocycles. The van der Waals surface area contributed by atoms with Gasteiger partial charge in [-0.25, -0.2) is 12.7 Å². The minimum atomic E-state index is -3.73. The molecule has 0 saturated carbocycles. The quantitative estimate of drug-likeness (QED) is 0.700. The fraction of sp³-hybridized carbons (Fsp3) is 0.889. The molecule has 1 rings (SSSR count). The third kappa shape index (κ3) is 2.72. The number of carboxylic acids is 1. The molecule has 94 valence electrons. The van der Waals surface area contributed by atoms with Crippen molar-refractivity contribution in [3.63, 3.8) is 0 Å². The molecular weight excluding hydrogens is 232 g/mol. The number of nitrogens with zero attached hydrogens (tertiary/aromatic N) is 1. The van der Waals surface area contributed by atoms with Crippen LogP contribution in [0.15, 0.2) is 0 Å². The summed E-state index contributed by atoms with van der Waals surface area (Å²) in [6.45, 7) is 2.74. The monoisotopic (exact) mass is 250 g/mol. The molecule has 1 aliphatic rings. The number of hydrogen-bond donors (Lipinski definition) is 2. The first kappa shape index (κ1) is 13.4. The Morgan fingerprint density at radius 1 is 1.44 bits per heavy atom. The Balaban J connectivity index is 2.78. The summed E-state index contributed by atoms with van der Waals surface area (Å²) in [5.74, 6) is -1.30. The van der Waals surface area contributed by atoms with E-state index >= 15 is 0 Å². The maximum atomic E-state index is 11.9. The summed E-state index contributed by atoms with van der Waals surface area (Å²) < 4.78 is 25.0. The lowest BCUT2D eigenvalue weighted by atomic mass is 10.1. The summed E-state index contributed by atoms with van der Waals surface area (Å²) in [5, 5.41) is 10.5. The van der Waals surface area contributed by atoms with Gasteiger partial charge in [0.1, 0.15) is 0 Å². The lowest BCUT2D eigenvalue weighted by molar-refractivity contribution is -0.136. The lowest BCUT2D eigenvalue weighted by Gasteiger charge is -2.31. The Morgan fingerprint density at radius 2 is 1.94 bits per heavy atom. The first-order chi connectivity index (χ1) is 7.37. The molecule has 6 nitrogen and oxygen atoms in total. The molecule has 0 aliphatic carbocycles. The highest BCUT2D eigenvalue weighted by Crippen LogP contribution is 2.17. The van der Waals surface area contributed by atoms with Crippen LogP contribution in [-0.4, -0.2) is 55.2 Å². The summed E-state index contributed by atoms with van der Waals surface area (Å²) in [6.07, 6.45) is 1.45. The van der Waals surface area contributed by atoms with Crippen LogP contribution in [0.2, 0.25) is 0 Å². The second kappa shape index (κ2) is 5.11. The number of sulfonamides is 1. The topological polar surface area (TPSA) is 86.7 Å². The number of nitrogens with one attached hydrogen (secondary N) is 1. The Hall–Kier alpha value is -0.660. The molecule has 0 bridgehead atoms. The molecule has 1 fully saturated rings. The molecule has 7 heteroatoms. The van der Waals surface area contributed by atoms with E-state index in [4.69, 9.17) is 5.11 Å². The molecule has 1 unspecified atom stereocenters. The first-order valence-electron chi connectivity index (χ1n) is 5.27. The van der Waals surface area contributed by atoms with Crippen molar-refractivity contribution >= 4 is 16.0 Å². The predicted molar refractivity (Wildman–Crippen MR) is 59.7 cm³/mol. The van der Waals surface area contributed by atoms with Crippen molar-refractivity contribution in [3.05, 3.63) is 0 Å². The average Bonchev–Trinajstić information content (AvgIpc) is 2.28. The van der Waals surface area contributed by atoms with Gasteiger partial charge in [-0.15, -0.1) is 0 Å². The third-order valence-electron chi connectivity index (χ3n) is 3.02. The molecule has 1 heterocycles. The zero-order valence-corrected chi connectivity index (χ0v) is 10.3. The van der Waals surface area contributed by atoms with Gasteiger partial charge in [-0.3, -0.25) is 4.79 Å². The second-order valence-electron chi connectivity index (χ2n) is 4.02. The van der Waals surface area contributed by atoms with E-state index in [1.165, 1.54) is 18.3 Å². The van der Waals surface area contributed by atoms with E-state index < -0.39 is 21.2 Å². The minimum Gasteiger partial charge on any atom is -0.480 e. The van der Waals surface area contributed by atoms with Gasteiger partial charge in [-0.05, 0) is 32.9 Å². The molecule has 0 aromatic carbocycles. The molecule has 0 aromatic rings. The van der Waals surface area contributed by atoms with E-state index in [0.717, 1.165) is 25.9 Å². The van der Waals surface area contributed by atoms with Gasteiger partial charge in [-0.1, -0.05) is 0 Å². The molecule has 1 aliphatic heterocycles. The van der Waals surface area contributed by atoms with Crippen molar-refractivity contribution in [2.75, 3.05) is 20.1 Å². The third-order valence-corrected chi connectivity index (χ3v) is 5.22. The molecule has 16 heavy (non-hydrogen) atoms. The molecule has 0 radical (unpaired) electrons. The molecule has 0 amide bonds. The maximum absolute atomic E-state index is 11.9. The summed E-state index contributed by atoms with van der Waals surface area (Å²) in [6, 6.07) is -0.0898. The number of carboxylic acid groups (broad SMARTS) is 1. The van der Waals surface area contributed by atoms with Crippen molar-refractivity contribution in [2.45, 2.75) is 31.1 Å². The Labute approximate surface area is 95.7 Å². The van der Waals surface area contributed by atoms with Crippen molar-refractivity contribution in [1.29, 1.82) is 0 Å². The van der Waals surface area contributed by atoms with Crippen LogP contribution in [-0.2, 0) is 14.8 Å². The number of hydrogen-bond acceptors (Lipinski definition) is 4. The minimum absolute atomic E-state index is 0.0898. The highest BCUT2D eigenvalue weighted by Gasteiger charge is 2.35. The van der Waals surface area contributed by atoms with Gasteiger partial charge in [0, 0.05) is 13.1 Å². The van der Waals surface area contributed by atoms with Gasteiger partial charge >= 0.3 is 5.97 Å². The van der Waals surface area contributed by atoms with E-state index in [9.17, 15) is 13.2 Å². The number of carbonyl (C=O) groups is 1. The normalized spacial score (nSPS) is 20.9. The zero-order valence-electron chi connectivity index (χ0n) is 9.51. The Kier molecular flexibility index (Phi) is 4.28. The average molecular weight is 250 g/mol. The number of rotatable bonds is 4. The van der Waals surface area contributed by atoms with E-state index in [-0.39, 0.29) is 6.04 Å². The summed E-state index contributed by atoms with van der Waals surface area (Å²) in [7, 11) is -2.27. The highest BCUT2D eigenvalue weighted by atomic mass is 32.2. The number of piperidine rings is 1. The number of aliphatic carboxylic acids is 1. The fourth-order valence-corrected chi connectivity index (χ4v) is 3.13. The van der Waals surface area contributed by atoms with Crippen molar-refractivity contribution in [1.82, 2.24) is 9.62 Å². The first-order valence-corrected chi connectivity index (χ1v) is 6.78. The maximum Gasteiger partial charge on any atom is 0.323 e. The van der Waals surface area contributed by atoms with Crippen LogP contribution in [0.25, 0.3) is 0 Å². The van der Waals surface area contributed by atoms with Crippen molar-refractivity contribution in [2.24, 2.45) is 0 Å². The van der Waals surface area contributed by atoms with Gasteiger partial charge in [0.05, 0.1) is 0 Å². The SMILES string of the molecule is CC(C(=O)O)S(=O)(=O)N(C)C1CCNCC1. The summed E-state index contributed by atoms with van der Waals surface area (Å²) in [4.78, 5) is 10.7. The van der Waals surface area contributed by atoms with Crippen LogP contribution in [0, 0.1) is 0 Å². The summed E-state index contributed by atoms with van der Waals surface area (Å²) >= 11 is 0. The van der Waals surface area contributed by atoms with Crippen LogP contribution in [0.3, 0.4) is 0 Å². The van der Waals surface area contributed by atoms with Crippen LogP contribution < -0.4 is 5.32 Å². The molecule has 1 atom stereocenters. The van der Waals surface area contributed by atoms with E-state index in [2.05, 4.69) is 5.32 Å². The van der Waals surface area contributed by atoms with Crippen molar-refractivity contribution < 1.29 is 18.3 Å². The predicted octanol–water partition coefficient (Wildman–Crippen LogP) is -0.527. The molecule has 0 spiro atoms. The highest BCUT2D eigenvalue weighted by molar-refractivity contribution is 7.90. The fourth-order valence-electron chi connectivity index (χ4n) is 1.75. The van der Waals surface area contributed by atoms with Gasteiger partial charge in [0.2, 0.25) is 10.0 Å². The Bertz CT molecular complexity index is 349. The van der Waals surface area contributed by atoms with E-state index in [0.29, 0.717) is 0 Å². The van der Waals surface area contributed by atoms with E-state index in [1.807, 2.05) is 0 Å². The van der Waals surface area contributed by atoms with Gasteiger partial charge in [0.15, 0.2) is 5.25 Å². The Morgan fingerprint density at radius 3 is 2.38 bits per heavy atom. The molecule has 1 saturated heterocycles. The van der Waals surface area contributed by atoms with Crippen molar-refractivity contribution in [3.8, 4) is 0 Å². The summed E-state index contributed by atoms with van der Waals surface area (Å²) in [5.41, 5.74) is 0. The zero-order chi connectivity index (χ0) is 12.3. The largest absolute Gasteiger partial charge is 0.480 e. The van der Waals surface area contributed by atoms with Crippen LogP contribution in [0.4, 0.5) is 0 Å². The lowest BCUT2D eigenvalue weighted by Crippen LogP contribution is -2.48. The van der Waals surface area contributed by atoms with Gasteiger partial charge in [-0.2, -0.15) is 0 Å². The molecule has 2 N–H and O–H groups in total. The van der Waals surface area contributed by atoms with Crippen LogP contribution in [0.1, 0.15) is 19.8 Å². The van der Waals surface area contributed by atoms with E-state index in [1.54, 1.807) is 0 Å². The van der Waals surface area contributed by atoms with Gasteiger partial charge < -0.3 is 10.4 Å². The van der Waals surface area contributed by atoms with Crippen LogP contribution >= 0.6 is 0 Å². The smallest absolute Gasteiger partial charge is 0.323 e. The second-order valence-corrected chi connectivity index (χ2v) is 6.34. The van der Waals surface area contributed by atoms with Gasteiger partial charge in [0.25, 0.3) is 0 Å². The standard InChI is InChI=1S/C9H18N2O4S/c1-7(9(12)13)16(14,15)11(2)8-3-5-10-6-4-8/h7-8,10H,3-6H2,1-2H3,(H,12,13).